The fourth-order valence-electron chi connectivity index (χ4n) is 1.06. The third kappa shape index (κ3) is 4.18. The average molecular weight is 264 g/mol. The average Bonchev–Trinajstić information content (AvgIpc) is 2.14. The summed E-state index contributed by atoms with van der Waals surface area (Å²) in [5, 5.41) is 0. The highest BCUT2D eigenvalue weighted by atomic mass is 32.2. The number of nitrogens with one attached hydrogen (secondary N) is 1. The van der Waals surface area contributed by atoms with Crippen LogP contribution in [0.15, 0.2) is 28.6 Å². The van der Waals surface area contributed by atoms with Crippen molar-refractivity contribution in [3.05, 3.63) is 35.4 Å². The van der Waals surface area contributed by atoms with Crippen LogP contribution in [0.2, 0.25) is 0 Å². The van der Waals surface area contributed by atoms with Crippen molar-refractivity contribution in [1.82, 2.24) is 0 Å². The van der Waals surface area contributed by atoms with Crippen LogP contribution < -0.4 is 0 Å². The van der Waals surface area contributed by atoms with E-state index in [9.17, 15) is 18.0 Å². The van der Waals surface area contributed by atoms with Crippen LogP contribution in [0.4, 0.5) is 13.2 Å². The molecule has 3 nitrogen and oxygen atoms in total. The Balaban J connectivity index is 3.05. The summed E-state index contributed by atoms with van der Waals surface area (Å²) in [4.78, 5) is 11.5. The van der Waals surface area contributed by atoms with Gasteiger partial charge in [-0.1, -0.05) is 9.62 Å². The van der Waals surface area contributed by atoms with Crippen LogP contribution in [0, 0.1) is 4.78 Å². The molecule has 1 N–H and O–H groups in total. The molecule has 0 heterocycles. The van der Waals surface area contributed by atoms with E-state index in [1.165, 1.54) is 12.5 Å². The van der Waals surface area contributed by atoms with Gasteiger partial charge in [0.15, 0.2) is 0 Å². The number of benzene rings is 1. The van der Waals surface area contributed by atoms with Crippen LogP contribution in [0.1, 0.15) is 15.9 Å². The minimum atomic E-state index is -4.42. The minimum absolute atomic E-state index is 0.0609. The fraction of sp³-hybridized carbons (Fsp3) is 0.300. The molecule has 0 aliphatic rings. The zero-order valence-electron chi connectivity index (χ0n) is 9.21. The van der Waals surface area contributed by atoms with Crippen molar-refractivity contribution in [2.45, 2.75) is 6.18 Å². The van der Waals surface area contributed by atoms with E-state index in [1.807, 2.05) is 0 Å². The van der Waals surface area contributed by atoms with Crippen molar-refractivity contribution in [2.75, 3.05) is 12.5 Å². The molecule has 94 valence electrons. The predicted molar refractivity (Wildman–Crippen MR) is 60.1 cm³/mol. The van der Waals surface area contributed by atoms with Gasteiger partial charge < -0.3 is 0 Å². The van der Waals surface area contributed by atoms with Crippen molar-refractivity contribution >= 4 is 15.5 Å². The Labute approximate surface area is 97.3 Å². The van der Waals surface area contributed by atoms with E-state index in [2.05, 4.69) is 4.36 Å². The zero-order valence-corrected chi connectivity index (χ0v) is 10.0. The normalized spacial score (nSPS) is 12.3. The molecule has 0 aliphatic carbocycles. The van der Waals surface area contributed by atoms with Crippen LogP contribution in [0.25, 0.3) is 0 Å². The molecule has 1 rings (SSSR count). The number of carbonyl (C=O) groups is 1. The van der Waals surface area contributed by atoms with Gasteiger partial charge in [-0.25, -0.2) is 0 Å². The maximum Gasteiger partial charge on any atom is 0.416 e. The van der Waals surface area contributed by atoms with E-state index >= 15 is 0 Å². The number of rotatable bonds is 1. The van der Waals surface area contributed by atoms with Gasteiger partial charge in [0, 0.05) is 18.1 Å². The lowest BCUT2D eigenvalue weighted by Gasteiger charge is -2.06. The predicted octanol–water partition coefficient (Wildman–Crippen LogP) is 3.21. The quantitative estimate of drug-likeness (QED) is 0.832. The molecule has 1 amide bonds. The van der Waals surface area contributed by atoms with E-state index in [4.69, 9.17) is 4.78 Å². The topological polar surface area (TPSA) is 53.3 Å². The van der Waals surface area contributed by atoms with Crippen molar-refractivity contribution in [3.8, 4) is 0 Å². The molecule has 0 unspecified atom stereocenters. The van der Waals surface area contributed by atoms with Crippen molar-refractivity contribution in [1.29, 1.82) is 4.78 Å². The Kier molecular flexibility index (Phi) is 3.61. The molecular formula is C10H11F3N2OS. The molecule has 0 aromatic heterocycles. The highest BCUT2D eigenvalue weighted by Crippen LogP contribution is 2.29. The summed E-state index contributed by atoms with van der Waals surface area (Å²) in [6.45, 7) is 0. The Bertz CT molecular complexity index is 532. The van der Waals surface area contributed by atoms with E-state index in [0.717, 1.165) is 24.3 Å². The van der Waals surface area contributed by atoms with Gasteiger partial charge in [-0.05, 0) is 24.3 Å². The molecule has 0 saturated heterocycles. The number of hydrogen-bond donors (Lipinski definition) is 1. The number of carbonyl (C=O) groups excluding carboxylic acids is 1. The third-order valence-electron chi connectivity index (χ3n) is 1.77. The summed E-state index contributed by atoms with van der Waals surface area (Å²) in [7, 11) is -2.11. The van der Waals surface area contributed by atoms with Crippen LogP contribution in [-0.4, -0.2) is 18.4 Å². The standard InChI is InChI=1S/C10H11F3N2OS/c1-17(2,14)15-9(16)7-3-5-8(6-4-7)10(11,12)13/h3-6,14H,1-2H3. The van der Waals surface area contributed by atoms with Crippen molar-refractivity contribution in [2.24, 2.45) is 4.36 Å². The van der Waals surface area contributed by atoms with Gasteiger partial charge in [-0.15, -0.1) is 0 Å². The molecule has 0 aliphatic heterocycles. The number of hydrogen-bond acceptors (Lipinski definition) is 2. The number of amides is 1. The van der Waals surface area contributed by atoms with Gasteiger partial charge in [0.1, 0.15) is 0 Å². The molecule has 7 heteroatoms. The van der Waals surface area contributed by atoms with Crippen molar-refractivity contribution in [3.63, 3.8) is 0 Å². The second-order valence-electron chi connectivity index (χ2n) is 3.74. The summed E-state index contributed by atoms with van der Waals surface area (Å²) in [6.07, 6.45) is -1.43. The minimum Gasteiger partial charge on any atom is -0.270 e. The lowest BCUT2D eigenvalue weighted by atomic mass is 10.1. The second kappa shape index (κ2) is 4.48. The first kappa shape index (κ1) is 13.7. The SMILES string of the molecule is CS(C)(=N)=NC(=O)c1ccc(C(F)(F)F)cc1. The molecule has 17 heavy (non-hydrogen) atoms. The molecule has 0 saturated carbocycles. The van der Waals surface area contributed by atoms with Crippen LogP contribution in [0.5, 0.6) is 0 Å². The maximum absolute atomic E-state index is 12.3. The first-order valence-corrected chi connectivity index (χ1v) is 6.93. The second-order valence-corrected chi connectivity index (χ2v) is 6.47. The highest BCUT2D eigenvalue weighted by molar-refractivity contribution is 7.93. The Morgan fingerprint density at radius 3 is 2.06 bits per heavy atom. The highest BCUT2D eigenvalue weighted by Gasteiger charge is 2.30. The Morgan fingerprint density at radius 2 is 1.71 bits per heavy atom. The molecule has 0 radical (unpaired) electrons. The van der Waals surface area contributed by atoms with E-state index in [0.29, 0.717) is 0 Å². The Morgan fingerprint density at radius 1 is 1.24 bits per heavy atom. The van der Waals surface area contributed by atoms with Crippen LogP contribution in [-0.2, 0) is 15.8 Å². The number of halogens is 3. The Hall–Kier alpha value is -1.37. The number of alkyl halides is 3. The van der Waals surface area contributed by atoms with Crippen LogP contribution in [0.3, 0.4) is 0 Å². The van der Waals surface area contributed by atoms with Crippen LogP contribution >= 0.6 is 0 Å². The van der Waals surface area contributed by atoms with Gasteiger partial charge in [-0.2, -0.15) is 17.5 Å². The fourth-order valence-corrected chi connectivity index (χ4v) is 1.58. The summed E-state index contributed by atoms with van der Waals surface area (Å²) < 4.78 is 47.8. The summed E-state index contributed by atoms with van der Waals surface area (Å²) in [5.74, 6) is -0.659. The van der Waals surface area contributed by atoms with E-state index < -0.39 is 27.3 Å². The third-order valence-corrected chi connectivity index (χ3v) is 2.39. The van der Waals surface area contributed by atoms with Crippen molar-refractivity contribution < 1.29 is 18.0 Å². The lowest BCUT2D eigenvalue weighted by Crippen LogP contribution is -2.06. The molecule has 1 aromatic carbocycles. The molecule has 0 atom stereocenters. The molecule has 0 fully saturated rings. The van der Waals surface area contributed by atoms with Gasteiger partial charge in [0.05, 0.1) is 5.56 Å². The first-order valence-electron chi connectivity index (χ1n) is 4.52. The summed E-state index contributed by atoms with van der Waals surface area (Å²) in [5.41, 5.74) is -0.752. The lowest BCUT2D eigenvalue weighted by molar-refractivity contribution is -0.137. The van der Waals surface area contributed by atoms with Gasteiger partial charge in [0.25, 0.3) is 5.91 Å². The molecule has 0 spiro atoms. The molecule has 0 bridgehead atoms. The zero-order chi connectivity index (χ0) is 13.3. The van der Waals surface area contributed by atoms with Gasteiger partial charge in [0.2, 0.25) is 0 Å². The van der Waals surface area contributed by atoms with Gasteiger partial charge >= 0.3 is 6.18 Å². The monoisotopic (exact) mass is 264 g/mol. The largest absolute Gasteiger partial charge is 0.416 e. The van der Waals surface area contributed by atoms with E-state index in [-0.39, 0.29) is 5.56 Å². The maximum atomic E-state index is 12.3. The molecular weight excluding hydrogens is 253 g/mol. The van der Waals surface area contributed by atoms with Gasteiger partial charge in [-0.3, -0.25) is 9.57 Å². The summed E-state index contributed by atoms with van der Waals surface area (Å²) in [6, 6.07) is 3.80. The summed E-state index contributed by atoms with van der Waals surface area (Å²) >= 11 is 0. The smallest absolute Gasteiger partial charge is 0.270 e. The first-order chi connectivity index (χ1) is 7.59. The van der Waals surface area contributed by atoms with E-state index in [1.54, 1.807) is 0 Å². The molecule has 1 aromatic rings. The number of nitrogens with zero attached hydrogens (tertiary/aromatic N) is 1.